The van der Waals surface area contributed by atoms with Gasteiger partial charge in [-0.15, -0.1) is 11.3 Å². The third-order valence-corrected chi connectivity index (χ3v) is 5.10. The number of urea groups is 1. The summed E-state index contributed by atoms with van der Waals surface area (Å²) in [6, 6.07) is -0.138. The Morgan fingerprint density at radius 1 is 1.38 bits per heavy atom. The minimum Gasteiger partial charge on any atom is -0.329 e. The molecule has 2 rings (SSSR count). The highest BCUT2D eigenvalue weighted by Crippen LogP contribution is 2.29. The first kappa shape index (κ1) is 15.9. The Morgan fingerprint density at radius 2 is 2.10 bits per heavy atom. The predicted octanol–water partition coefficient (Wildman–Crippen LogP) is 1.78. The summed E-state index contributed by atoms with van der Waals surface area (Å²) in [6.07, 6.45) is 0. The van der Waals surface area contributed by atoms with E-state index in [1.54, 1.807) is 11.3 Å². The Balaban J connectivity index is 1.88. The number of hydrogen-bond acceptors (Lipinski definition) is 5. The summed E-state index contributed by atoms with van der Waals surface area (Å²) in [5, 5.41) is 7.02. The van der Waals surface area contributed by atoms with Gasteiger partial charge in [0.15, 0.2) is 0 Å². The number of imide groups is 1. The van der Waals surface area contributed by atoms with Crippen LogP contribution in [0.25, 0.3) is 0 Å². The van der Waals surface area contributed by atoms with Crippen molar-refractivity contribution in [2.24, 2.45) is 0 Å². The van der Waals surface area contributed by atoms with Gasteiger partial charge in [-0.05, 0) is 13.8 Å². The van der Waals surface area contributed by atoms with Gasteiger partial charge in [0.1, 0.15) is 0 Å². The second-order valence-corrected chi connectivity index (χ2v) is 6.60. The molecule has 7 heteroatoms. The minimum absolute atomic E-state index is 0.111. The number of nitrogens with one attached hydrogen (secondary N) is 2. The molecule has 1 fully saturated rings. The lowest BCUT2D eigenvalue weighted by Crippen LogP contribution is -2.37. The Hall–Kier alpha value is -1.47. The van der Waals surface area contributed by atoms with Crippen molar-refractivity contribution in [2.75, 3.05) is 19.6 Å². The van der Waals surface area contributed by atoms with E-state index in [9.17, 15) is 9.59 Å². The molecule has 1 aromatic rings. The molecular weight excluding hydrogens is 288 g/mol. The average molecular weight is 310 g/mol. The van der Waals surface area contributed by atoms with Crippen LogP contribution < -0.4 is 10.6 Å². The molecule has 0 unspecified atom stereocenters. The van der Waals surface area contributed by atoms with E-state index >= 15 is 0 Å². The summed E-state index contributed by atoms with van der Waals surface area (Å²) in [4.78, 5) is 29.9. The van der Waals surface area contributed by atoms with Crippen LogP contribution in [0, 0.1) is 6.92 Å². The number of thiazole rings is 1. The molecule has 0 aliphatic carbocycles. The smallest absolute Gasteiger partial charge is 0.324 e. The van der Waals surface area contributed by atoms with E-state index in [0.717, 1.165) is 10.7 Å². The predicted molar refractivity (Wildman–Crippen MR) is 82.5 cm³/mol. The molecule has 0 radical (unpaired) electrons. The second-order valence-electron chi connectivity index (χ2n) is 5.54. The molecule has 0 bridgehead atoms. The van der Waals surface area contributed by atoms with Crippen molar-refractivity contribution in [3.8, 4) is 0 Å². The number of carbonyl (C=O) groups is 2. The third kappa shape index (κ3) is 3.59. The molecule has 2 heterocycles. The van der Waals surface area contributed by atoms with E-state index in [1.165, 1.54) is 9.78 Å². The van der Waals surface area contributed by atoms with E-state index in [4.69, 9.17) is 0 Å². The molecule has 1 atom stereocenters. The number of nitrogens with zero attached hydrogens (tertiary/aromatic N) is 2. The molecule has 6 nitrogen and oxygen atoms in total. The zero-order chi connectivity index (χ0) is 15.6. The number of hydrogen-bond donors (Lipinski definition) is 2. The molecule has 116 valence electrons. The Labute approximate surface area is 128 Å². The fourth-order valence-corrected chi connectivity index (χ4v) is 3.34. The number of amides is 3. The zero-order valence-corrected chi connectivity index (χ0v) is 13.7. The highest BCUT2D eigenvalue weighted by molar-refractivity contribution is 7.11. The average Bonchev–Trinajstić information content (AvgIpc) is 2.95. The molecule has 0 spiro atoms. The fraction of sp³-hybridized carbons (Fsp3) is 0.643. The summed E-state index contributed by atoms with van der Waals surface area (Å²) in [5.41, 5.74) is 1.05. The Kier molecular flexibility index (Phi) is 4.95. The van der Waals surface area contributed by atoms with E-state index in [2.05, 4.69) is 36.4 Å². The van der Waals surface area contributed by atoms with Crippen LogP contribution in [0.1, 0.15) is 48.3 Å². The maximum atomic E-state index is 11.5. The van der Waals surface area contributed by atoms with Crippen LogP contribution in [0.2, 0.25) is 0 Å². The molecular formula is C14H22N4O2S. The first-order chi connectivity index (χ1) is 9.90. The monoisotopic (exact) mass is 310 g/mol. The summed E-state index contributed by atoms with van der Waals surface area (Å²) in [5.74, 6) is 0.270. The quantitative estimate of drug-likeness (QED) is 0.785. The fourth-order valence-electron chi connectivity index (χ4n) is 2.25. The van der Waals surface area contributed by atoms with Crippen molar-refractivity contribution >= 4 is 23.3 Å². The van der Waals surface area contributed by atoms with Crippen molar-refractivity contribution in [3.05, 3.63) is 15.6 Å². The van der Waals surface area contributed by atoms with Crippen molar-refractivity contribution in [1.29, 1.82) is 0 Å². The first-order valence-electron chi connectivity index (χ1n) is 7.19. The highest BCUT2D eigenvalue weighted by Gasteiger charge is 2.27. The number of aryl methyl sites for hydroxylation is 1. The Bertz CT molecular complexity index is 525. The Morgan fingerprint density at radius 3 is 2.62 bits per heavy atom. The van der Waals surface area contributed by atoms with Gasteiger partial charge in [0.2, 0.25) is 5.91 Å². The minimum atomic E-state index is -0.300. The molecule has 0 saturated carbocycles. The molecule has 1 aliphatic heterocycles. The standard InChI is InChI=1S/C14H22N4O2S/c1-8(2)13-17-10(4)12(21-13)9(3)15-5-6-18-11(19)7-16-14(18)20/h8-9,15H,5-7H2,1-4H3,(H,16,20)/t9-/m1/s1. The van der Waals surface area contributed by atoms with Crippen LogP contribution in [0.4, 0.5) is 4.79 Å². The molecule has 1 saturated heterocycles. The van der Waals surface area contributed by atoms with Crippen LogP contribution in [-0.2, 0) is 4.79 Å². The summed E-state index contributed by atoms with van der Waals surface area (Å²) in [6.45, 7) is 9.46. The van der Waals surface area contributed by atoms with Gasteiger partial charge in [0, 0.05) is 29.9 Å². The van der Waals surface area contributed by atoms with Crippen LogP contribution in [-0.4, -0.2) is 41.5 Å². The number of carbonyl (C=O) groups excluding carboxylic acids is 2. The molecule has 0 aromatic carbocycles. The molecule has 2 N–H and O–H groups in total. The molecule has 3 amide bonds. The van der Waals surface area contributed by atoms with Gasteiger partial charge in [-0.2, -0.15) is 0 Å². The maximum Gasteiger partial charge on any atom is 0.324 e. The summed E-state index contributed by atoms with van der Waals surface area (Å²) in [7, 11) is 0. The highest BCUT2D eigenvalue weighted by atomic mass is 32.1. The lowest BCUT2D eigenvalue weighted by Gasteiger charge is -2.16. The number of rotatable bonds is 6. The van der Waals surface area contributed by atoms with Gasteiger partial charge < -0.3 is 10.6 Å². The van der Waals surface area contributed by atoms with Crippen LogP contribution in [0.15, 0.2) is 0 Å². The maximum absolute atomic E-state index is 11.5. The zero-order valence-electron chi connectivity index (χ0n) is 12.9. The van der Waals surface area contributed by atoms with Gasteiger partial charge in [0.25, 0.3) is 0 Å². The van der Waals surface area contributed by atoms with Crippen molar-refractivity contribution < 1.29 is 9.59 Å². The van der Waals surface area contributed by atoms with E-state index < -0.39 is 0 Å². The van der Waals surface area contributed by atoms with Crippen LogP contribution in [0.3, 0.4) is 0 Å². The molecule has 21 heavy (non-hydrogen) atoms. The van der Waals surface area contributed by atoms with Crippen molar-refractivity contribution in [1.82, 2.24) is 20.5 Å². The van der Waals surface area contributed by atoms with E-state index in [0.29, 0.717) is 19.0 Å². The molecule has 1 aromatic heterocycles. The summed E-state index contributed by atoms with van der Waals surface area (Å²) >= 11 is 1.73. The normalized spacial score (nSPS) is 16.7. The number of aromatic nitrogens is 1. The second kappa shape index (κ2) is 6.53. The van der Waals surface area contributed by atoms with Crippen molar-refractivity contribution in [2.45, 2.75) is 39.7 Å². The van der Waals surface area contributed by atoms with E-state index in [1.807, 2.05) is 6.92 Å². The lowest BCUT2D eigenvalue weighted by molar-refractivity contribution is -0.124. The first-order valence-corrected chi connectivity index (χ1v) is 8.00. The largest absolute Gasteiger partial charge is 0.329 e. The van der Waals surface area contributed by atoms with Gasteiger partial charge in [-0.1, -0.05) is 13.8 Å². The van der Waals surface area contributed by atoms with Gasteiger partial charge in [0.05, 0.1) is 17.2 Å². The van der Waals surface area contributed by atoms with Gasteiger partial charge >= 0.3 is 6.03 Å². The van der Waals surface area contributed by atoms with E-state index in [-0.39, 0.29) is 24.5 Å². The SMILES string of the molecule is Cc1nc(C(C)C)sc1[C@@H](C)NCCN1C(=O)CNC1=O. The van der Waals surface area contributed by atoms with Gasteiger partial charge in [-0.3, -0.25) is 9.69 Å². The van der Waals surface area contributed by atoms with Crippen molar-refractivity contribution in [3.63, 3.8) is 0 Å². The van der Waals surface area contributed by atoms with Crippen LogP contribution in [0.5, 0.6) is 0 Å². The summed E-state index contributed by atoms with van der Waals surface area (Å²) < 4.78 is 0. The van der Waals surface area contributed by atoms with Gasteiger partial charge in [-0.25, -0.2) is 9.78 Å². The molecule has 1 aliphatic rings. The topological polar surface area (TPSA) is 74.3 Å². The lowest BCUT2D eigenvalue weighted by atomic mass is 10.2. The van der Waals surface area contributed by atoms with Crippen LogP contribution >= 0.6 is 11.3 Å². The third-order valence-electron chi connectivity index (χ3n) is 3.46.